The number of hydrogen-bond acceptors (Lipinski definition) is 4. The highest BCUT2D eigenvalue weighted by Crippen LogP contribution is 2.31. The van der Waals surface area contributed by atoms with E-state index in [9.17, 15) is 9.18 Å². The van der Waals surface area contributed by atoms with Gasteiger partial charge in [-0.25, -0.2) is 4.39 Å². The maximum Gasteiger partial charge on any atom is 0.266 e. The van der Waals surface area contributed by atoms with Gasteiger partial charge < -0.3 is 9.74 Å². The number of nitrogens with zero attached hydrogens (tertiary/aromatic N) is 2. The monoisotopic (exact) mass is 398 g/mol. The van der Waals surface area contributed by atoms with E-state index in [1.807, 2.05) is 35.2 Å². The molecule has 2 heterocycles. The van der Waals surface area contributed by atoms with E-state index in [0.717, 1.165) is 43.0 Å². The Morgan fingerprint density at radius 2 is 1.82 bits per heavy atom. The summed E-state index contributed by atoms with van der Waals surface area (Å²) in [6, 6.07) is 16.7. The van der Waals surface area contributed by atoms with Crippen molar-refractivity contribution in [3.05, 3.63) is 66.0 Å². The topological polar surface area (TPSA) is 41.9 Å². The van der Waals surface area contributed by atoms with Gasteiger partial charge in [0, 0.05) is 36.1 Å². The minimum absolute atomic E-state index is 0.0389. The molecule has 2 aromatic rings. The van der Waals surface area contributed by atoms with Crippen LogP contribution in [0.25, 0.3) is 0 Å². The maximum absolute atomic E-state index is 13.0. The molecule has 1 fully saturated rings. The van der Waals surface area contributed by atoms with Crippen LogP contribution in [0.3, 0.4) is 0 Å². The summed E-state index contributed by atoms with van der Waals surface area (Å²) in [5, 5.41) is 4.59. The van der Waals surface area contributed by atoms with Gasteiger partial charge in [0.15, 0.2) is 0 Å². The molecule has 6 heteroatoms. The van der Waals surface area contributed by atoms with Crippen LogP contribution < -0.4 is 0 Å². The van der Waals surface area contributed by atoms with Crippen molar-refractivity contribution in [1.29, 1.82) is 0 Å². The highest BCUT2D eigenvalue weighted by molar-refractivity contribution is 8.00. The van der Waals surface area contributed by atoms with Crippen molar-refractivity contribution in [2.75, 3.05) is 13.1 Å². The fourth-order valence-corrected chi connectivity index (χ4v) is 4.72. The van der Waals surface area contributed by atoms with Gasteiger partial charge in [0.2, 0.25) is 6.10 Å². The standard InChI is InChI=1S/C22H23FN2O2S/c23-17-6-8-19(9-7-17)28-20-10-12-25(13-11-20)22(26)21-15-18(24-27-21)14-16-4-2-1-3-5-16/h1-9,20-21H,10-15H2. The summed E-state index contributed by atoms with van der Waals surface area (Å²) in [5.41, 5.74) is 2.10. The van der Waals surface area contributed by atoms with Crippen molar-refractivity contribution in [3.8, 4) is 0 Å². The number of carbonyl (C=O) groups is 1. The molecule has 0 N–H and O–H groups in total. The van der Waals surface area contributed by atoms with Gasteiger partial charge in [-0.3, -0.25) is 4.79 Å². The Labute approximate surface area is 168 Å². The van der Waals surface area contributed by atoms with E-state index in [0.29, 0.717) is 11.7 Å². The van der Waals surface area contributed by atoms with Gasteiger partial charge in [0.05, 0.1) is 5.71 Å². The number of halogens is 1. The molecule has 0 aliphatic carbocycles. The van der Waals surface area contributed by atoms with Crippen molar-refractivity contribution >= 4 is 23.4 Å². The molecule has 0 aromatic heterocycles. The van der Waals surface area contributed by atoms with Gasteiger partial charge in [0.25, 0.3) is 5.91 Å². The van der Waals surface area contributed by atoms with Crippen LogP contribution in [-0.4, -0.2) is 41.0 Å². The first-order chi connectivity index (χ1) is 13.7. The number of amides is 1. The normalized spacial score (nSPS) is 20.0. The summed E-state index contributed by atoms with van der Waals surface area (Å²) in [7, 11) is 0. The van der Waals surface area contributed by atoms with Crippen molar-refractivity contribution in [3.63, 3.8) is 0 Å². The molecule has 2 aliphatic heterocycles. The zero-order chi connectivity index (χ0) is 19.3. The molecule has 0 spiro atoms. The minimum Gasteiger partial charge on any atom is -0.382 e. The SMILES string of the molecule is O=C(C1CC(Cc2ccccc2)=NO1)N1CCC(Sc2ccc(F)cc2)CC1. The molecule has 1 saturated heterocycles. The van der Waals surface area contributed by atoms with Crippen molar-refractivity contribution in [2.24, 2.45) is 5.16 Å². The van der Waals surface area contributed by atoms with Gasteiger partial charge in [0.1, 0.15) is 5.82 Å². The van der Waals surface area contributed by atoms with E-state index < -0.39 is 6.10 Å². The molecule has 1 atom stereocenters. The zero-order valence-corrected chi connectivity index (χ0v) is 16.4. The first kappa shape index (κ1) is 19.0. The highest BCUT2D eigenvalue weighted by Gasteiger charge is 2.33. The van der Waals surface area contributed by atoms with Gasteiger partial charge in [-0.1, -0.05) is 35.5 Å². The average Bonchev–Trinajstić information content (AvgIpc) is 3.19. The van der Waals surface area contributed by atoms with Crippen molar-refractivity contribution < 1.29 is 14.0 Å². The molecule has 4 nitrogen and oxygen atoms in total. The summed E-state index contributed by atoms with van der Waals surface area (Å²) >= 11 is 1.76. The molecular formula is C22H23FN2O2S. The Bertz CT molecular complexity index is 833. The lowest BCUT2D eigenvalue weighted by molar-refractivity contribution is -0.142. The smallest absolute Gasteiger partial charge is 0.266 e. The van der Waals surface area contributed by atoms with Crippen molar-refractivity contribution in [2.45, 2.75) is 41.9 Å². The van der Waals surface area contributed by atoms with Crippen LogP contribution in [0.15, 0.2) is 64.6 Å². The maximum atomic E-state index is 13.0. The first-order valence-corrected chi connectivity index (χ1v) is 10.5. The van der Waals surface area contributed by atoms with Crippen LogP contribution >= 0.6 is 11.8 Å². The van der Waals surface area contributed by atoms with E-state index in [-0.39, 0.29) is 11.7 Å². The van der Waals surface area contributed by atoms with E-state index in [1.54, 1.807) is 11.8 Å². The first-order valence-electron chi connectivity index (χ1n) is 9.64. The van der Waals surface area contributed by atoms with Gasteiger partial charge in [-0.15, -0.1) is 11.8 Å². The van der Waals surface area contributed by atoms with E-state index in [4.69, 9.17) is 4.84 Å². The minimum atomic E-state index is -0.486. The third-order valence-corrected chi connectivity index (χ3v) is 6.48. The molecular weight excluding hydrogens is 375 g/mol. The van der Waals surface area contributed by atoms with E-state index in [2.05, 4.69) is 17.3 Å². The predicted octanol–water partition coefficient (Wildman–Crippen LogP) is 4.30. The second kappa shape index (κ2) is 8.78. The Morgan fingerprint density at radius 1 is 1.11 bits per heavy atom. The van der Waals surface area contributed by atoms with E-state index in [1.165, 1.54) is 17.7 Å². The summed E-state index contributed by atoms with van der Waals surface area (Å²) in [5.74, 6) is -0.174. The van der Waals surface area contributed by atoms with Gasteiger partial charge in [-0.2, -0.15) is 0 Å². The number of piperidine rings is 1. The summed E-state index contributed by atoms with van der Waals surface area (Å²) in [4.78, 5) is 21.2. The third-order valence-electron chi connectivity index (χ3n) is 5.13. The molecule has 1 amide bonds. The second-order valence-corrected chi connectivity index (χ2v) is 8.59. The Hall–Kier alpha value is -2.34. The van der Waals surface area contributed by atoms with Crippen LogP contribution in [0.1, 0.15) is 24.8 Å². The van der Waals surface area contributed by atoms with E-state index >= 15 is 0 Å². The fraction of sp³-hybridized carbons (Fsp3) is 0.364. The number of likely N-dealkylation sites (tertiary alicyclic amines) is 1. The largest absolute Gasteiger partial charge is 0.382 e. The molecule has 4 rings (SSSR count). The average molecular weight is 399 g/mol. The molecule has 0 radical (unpaired) electrons. The second-order valence-electron chi connectivity index (χ2n) is 7.21. The van der Waals surface area contributed by atoms with Crippen LogP contribution in [0.2, 0.25) is 0 Å². The molecule has 2 aromatic carbocycles. The number of carbonyl (C=O) groups excluding carboxylic acids is 1. The summed E-state index contributed by atoms with van der Waals surface area (Å²) in [6.07, 6.45) is 2.66. The number of rotatable bonds is 5. The predicted molar refractivity (Wildman–Crippen MR) is 109 cm³/mol. The Kier molecular flexibility index (Phi) is 5.95. The third kappa shape index (κ3) is 4.73. The summed E-state index contributed by atoms with van der Waals surface area (Å²) in [6.45, 7) is 1.46. The van der Waals surface area contributed by atoms with Gasteiger partial charge in [-0.05, 0) is 42.7 Å². The number of thioether (sulfide) groups is 1. The van der Waals surface area contributed by atoms with Crippen LogP contribution in [0, 0.1) is 5.82 Å². The highest BCUT2D eigenvalue weighted by atomic mass is 32.2. The Balaban J connectivity index is 1.24. The van der Waals surface area contributed by atoms with Crippen LogP contribution in [-0.2, 0) is 16.1 Å². The lowest BCUT2D eigenvalue weighted by atomic mass is 10.0. The van der Waals surface area contributed by atoms with Crippen LogP contribution in [0.5, 0.6) is 0 Å². The summed E-state index contributed by atoms with van der Waals surface area (Å²) < 4.78 is 13.0. The number of hydrogen-bond donors (Lipinski definition) is 0. The molecule has 0 saturated carbocycles. The molecule has 0 bridgehead atoms. The van der Waals surface area contributed by atoms with Gasteiger partial charge >= 0.3 is 0 Å². The fourth-order valence-electron chi connectivity index (χ4n) is 3.60. The Morgan fingerprint density at radius 3 is 2.54 bits per heavy atom. The lowest BCUT2D eigenvalue weighted by Gasteiger charge is -2.32. The quantitative estimate of drug-likeness (QED) is 0.754. The van der Waals surface area contributed by atoms with Crippen molar-refractivity contribution in [1.82, 2.24) is 4.90 Å². The lowest BCUT2D eigenvalue weighted by Crippen LogP contribution is -2.44. The molecule has 1 unspecified atom stereocenters. The number of benzene rings is 2. The van der Waals surface area contributed by atoms with Crippen LogP contribution in [0.4, 0.5) is 4.39 Å². The zero-order valence-electron chi connectivity index (χ0n) is 15.6. The molecule has 2 aliphatic rings. The number of oxime groups is 1. The molecule has 146 valence electrons. The molecule has 28 heavy (non-hydrogen) atoms.